The summed E-state index contributed by atoms with van der Waals surface area (Å²) in [7, 11) is 0. The first kappa shape index (κ1) is 13.0. The van der Waals surface area contributed by atoms with Crippen LogP contribution >= 0.6 is 15.9 Å². The van der Waals surface area contributed by atoms with Gasteiger partial charge in [0.05, 0.1) is 22.3 Å². The monoisotopic (exact) mass is 336 g/mol. The van der Waals surface area contributed by atoms with Gasteiger partial charge in [0.15, 0.2) is 0 Å². The molecule has 1 saturated heterocycles. The molecule has 1 atom stereocenters. The normalized spacial score (nSPS) is 18.4. The zero-order valence-electron chi connectivity index (χ0n) is 10.6. The van der Waals surface area contributed by atoms with Crippen LogP contribution in [0, 0.1) is 0 Å². The largest absolute Gasteiger partial charge is 0.366 e. The minimum atomic E-state index is -0.456. The maximum absolute atomic E-state index is 11.1. The third kappa shape index (κ3) is 2.51. The molecule has 2 aromatic rings. The van der Waals surface area contributed by atoms with Crippen molar-refractivity contribution in [2.45, 2.75) is 12.5 Å². The third-order valence-electron chi connectivity index (χ3n) is 3.31. The van der Waals surface area contributed by atoms with Gasteiger partial charge in [0.25, 0.3) is 5.91 Å². The Morgan fingerprint density at radius 2 is 2.10 bits per heavy atom. The number of carbonyl (C=O) groups is 1. The van der Waals surface area contributed by atoms with E-state index in [-0.39, 0.29) is 6.04 Å². The van der Waals surface area contributed by atoms with E-state index in [0.29, 0.717) is 11.5 Å². The highest BCUT2D eigenvalue weighted by molar-refractivity contribution is 9.10. The van der Waals surface area contributed by atoms with E-state index in [4.69, 9.17) is 5.73 Å². The fraction of sp³-hybridized carbons (Fsp3) is 0.333. The van der Waals surface area contributed by atoms with Crippen LogP contribution in [0.15, 0.2) is 29.3 Å². The predicted octanol–water partition coefficient (Wildman–Crippen LogP) is 0.986. The summed E-state index contributed by atoms with van der Waals surface area (Å²) in [6.45, 7) is 1.62. The molecule has 2 N–H and O–H groups in total. The molecule has 0 bridgehead atoms. The number of halogens is 1. The van der Waals surface area contributed by atoms with Gasteiger partial charge in [-0.1, -0.05) is 0 Å². The van der Waals surface area contributed by atoms with Gasteiger partial charge in [0.1, 0.15) is 0 Å². The van der Waals surface area contributed by atoms with Crippen LogP contribution in [0.4, 0.5) is 5.95 Å². The quantitative estimate of drug-likeness (QED) is 0.902. The van der Waals surface area contributed by atoms with E-state index < -0.39 is 5.91 Å². The topological polar surface area (TPSA) is 89.9 Å². The average molecular weight is 337 g/mol. The molecule has 1 aliphatic heterocycles. The number of hydrogen-bond acceptors (Lipinski definition) is 5. The Balaban J connectivity index is 1.72. The second-order valence-corrected chi connectivity index (χ2v) is 5.58. The molecule has 2 aromatic heterocycles. The number of rotatable bonds is 3. The number of primary amides is 1. The van der Waals surface area contributed by atoms with Crippen LogP contribution in [0.2, 0.25) is 0 Å². The Morgan fingerprint density at radius 1 is 1.35 bits per heavy atom. The minimum absolute atomic E-state index is 0.204. The summed E-state index contributed by atoms with van der Waals surface area (Å²) in [5, 5.41) is 4.20. The van der Waals surface area contributed by atoms with E-state index in [1.54, 1.807) is 23.3 Å². The van der Waals surface area contributed by atoms with E-state index in [0.717, 1.165) is 24.0 Å². The van der Waals surface area contributed by atoms with Crippen LogP contribution < -0.4 is 10.6 Å². The average Bonchev–Trinajstić information content (AvgIpc) is 3.08. The molecule has 3 rings (SSSR count). The highest BCUT2D eigenvalue weighted by atomic mass is 79.9. The Labute approximate surface area is 123 Å². The number of nitrogens with zero attached hydrogens (tertiary/aromatic N) is 5. The Hall–Kier alpha value is -1.96. The van der Waals surface area contributed by atoms with E-state index in [2.05, 4.69) is 35.9 Å². The number of amides is 1. The lowest BCUT2D eigenvalue weighted by Gasteiger charge is -2.16. The zero-order chi connectivity index (χ0) is 14.1. The van der Waals surface area contributed by atoms with E-state index in [1.165, 1.54) is 6.20 Å². The van der Waals surface area contributed by atoms with Crippen LogP contribution in [-0.4, -0.2) is 38.7 Å². The molecule has 3 heterocycles. The number of aromatic nitrogens is 4. The molecule has 0 aliphatic carbocycles. The maximum Gasteiger partial charge on any atom is 0.251 e. The molecule has 20 heavy (non-hydrogen) atoms. The highest BCUT2D eigenvalue weighted by Gasteiger charge is 2.26. The highest BCUT2D eigenvalue weighted by Crippen LogP contribution is 2.24. The van der Waals surface area contributed by atoms with Gasteiger partial charge in [-0.25, -0.2) is 9.97 Å². The van der Waals surface area contributed by atoms with E-state index >= 15 is 0 Å². The summed E-state index contributed by atoms with van der Waals surface area (Å²) in [5.41, 5.74) is 5.66. The van der Waals surface area contributed by atoms with Crippen LogP contribution in [-0.2, 0) is 0 Å². The summed E-state index contributed by atoms with van der Waals surface area (Å²) in [5.74, 6) is 0.250. The molecule has 104 valence electrons. The lowest BCUT2D eigenvalue weighted by atomic mass is 10.3. The first-order valence-corrected chi connectivity index (χ1v) is 6.99. The lowest BCUT2D eigenvalue weighted by Crippen LogP contribution is -2.23. The molecule has 1 unspecified atom stereocenters. The zero-order valence-corrected chi connectivity index (χ0v) is 12.2. The first-order valence-electron chi connectivity index (χ1n) is 6.20. The molecule has 7 nitrogen and oxygen atoms in total. The Morgan fingerprint density at radius 3 is 2.75 bits per heavy atom. The van der Waals surface area contributed by atoms with Crippen LogP contribution in [0.1, 0.15) is 22.8 Å². The van der Waals surface area contributed by atoms with Crippen molar-refractivity contribution in [1.82, 2.24) is 19.7 Å². The predicted molar refractivity (Wildman–Crippen MR) is 76.3 cm³/mol. The van der Waals surface area contributed by atoms with Gasteiger partial charge in [-0.3, -0.25) is 9.48 Å². The molecular formula is C12H13BrN6O. The van der Waals surface area contributed by atoms with E-state index in [9.17, 15) is 4.79 Å². The van der Waals surface area contributed by atoms with Crippen molar-refractivity contribution in [2.75, 3.05) is 18.0 Å². The summed E-state index contributed by atoms with van der Waals surface area (Å²) in [6.07, 6.45) is 7.59. The standard InChI is InChI=1S/C12H13BrN6O/c13-9-4-15-12(16-5-9)18-2-1-10(7-18)19-6-8(3-17-19)11(14)20/h3-6,10H,1-2,7H2,(H2,14,20). The van der Waals surface area contributed by atoms with Crippen molar-refractivity contribution in [3.63, 3.8) is 0 Å². The van der Waals surface area contributed by atoms with Gasteiger partial charge in [-0.05, 0) is 22.4 Å². The van der Waals surface area contributed by atoms with Gasteiger partial charge < -0.3 is 10.6 Å². The van der Waals surface area contributed by atoms with Crippen LogP contribution in [0.3, 0.4) is 0 Å². The second-order valence-electron chi connectivity index (χ2n) is 4.66. The molecular weight excluding hydrogens is 324 g/mol. The van der Waals surface area contributed by atoms with Gasteiger partial charge in [-0.15, -0.1) is 0 Å². The van der Waals surface area contributed by atoms with Gasteiger partial charge in [-0.2, -0.15) is 5.10 Å². The van der Waals surface area contributed by atoms with Crippen molar-refractivity contribution < 1.29 is 4.79 Å². The fourth-order valence-corrected chi connectivity index (χ4v) is 2.48. The van der Waals surface area contributed by atoms with Crippen molar-refractivity contribution >= 4 is 27.8 Å². The lowest BCUT2D eigenvalue weighted by molar-refractivity contribution is 0.1000. The molecule has 8 heteroatoms. The van der Waals surface area contributed by atoms with E-state index in [1.807, 2.05) is 0 Å². The van der Waals surface area contributed by atoms with Crippen molar-refractivity contribution in [3.8, 4) is 0 Å². The number of nitrogens with two attached hydrogens (primary N) is 1. The van der Waals surface area contributed by atoms with Crippen LogP contribution in [0.5, 0.6) is 0 Å². The summed E-state index contributed by atoms with van der Waals surface area (Å²) in [6, 6.07) is 0.204. The number of carbonyl (C=O) groups excluding carboxylic acids is 1. The number of anilines is 1. The first-order chi connectivity index (χ1) is 9.63. The Kier molecular flexibility index (Phi) is 3.39. The molecule has 1 fully saturated rings. The molecule has 1 aliphatic rings. The van der Waals surface area contributed by atoms with Crippen molar-refractivity contribution in [3.05, 3.63) is 34.8 Å². The fourth-order valence-electron chi connectivity index (χ4n) is 2.27. The molecule has 0 spiro atoms. The van der Waals surface area contributed by atoms with Crippen molar-refractivity contribution in [2.24, 2.45) is 5.73 Å². The third-order valence-corrected chi connectivity index (χ3v) is 3.72. The maximum atomic E-state index is 11.1. The SMILES string of the molecule is NC(=O)c1cnn(C2CCN(c3ncc(Br)cn3)C2)c1. The molecule has 0 aromatic carbocycles. The smallest absolute Gasteiger partial charge is 0.251 e. The molecule has 1 amide bonds. The number of hydrogen-bond donors (Lipinski definition) is 1. The summed E-state index contributed by atoms with van der Waals surface area (Å²) >= 11 is 3.32. The summed E-state index contributed by atoms with van der Waals surface area (Å²) < 4.78 is 2.65. The van der Waals surface area contributed by atoms with Gasteiger partial charge >= 0.3 is 0 Å². The summed E-state index contributed by atoms with van der Waals surface area (Å²) in [4.78, 5) is 21.8. The Bertz CT molecular complexity index is 625. The molecule has 0 radical (unpaired) electrons. The molecule has 0 saturated carbocycles. The van der Waals surface area contributed by atoms with Gasteiger partial charge in [0.2, 0.25) is 5.95 Å². The van der Waals surface area contributed by atoms with Crippen molar-refractivity contribution in [1.29, 1.82) is 0 Å². The van der Waals surface area contributed by atoms with Gasteiger partial charge in [0, 0.05) is 31.7 Å². The second kappa shape index (κ2) is 5.20. The van der Waals surface area contributed by atoms with Crippen LogP contribution in [0.25, 0.3) is 0 Å². The minimum Gasteiger partial charge on any atom is -0.366 e.